The van der Waals surface area contributed by atoms with Crippen LogP contribution in [0.4, 0.5) is 0 Å². The summed E-state index contributed by atoms with van der Waals surface area (Å²) >= 11 is 1.40. The molecule has 0 aliphatic heterocycles. The van der Waals surface area contributed by atoms with Crippen LogP contribution in [0.1, 0.15) is 35.4 Å². The number of aromatic nitrogens is 1. The van der Waals surface area contributed by atoms with E-state index in [0.717, 1.165) is 42.0 Å². The lowest BCUT2D eigenvalue weighted by molar-refractivity contribution is 0.0907. The highest BCUT2D eigenvalue weighted by atomic mass is 32.1. The van der Waals surface area contributed by atoms with Crippen LogP contribution in [-0.4, -0.2) is 30.1 Å². The number of hydrogen-bond donors (Lipinski definition) is 2. The van der Waals surface area contributed by atoms with Crippen molar-refractivity contribution in [2.75, 3.05) is 13.7 Å². The quantitative estimate of drug-likeness (QED) is 0.883. The number of methoxy groups -OCH3 is 1. The van der Waals surface area contributed by atoms with E-state index in [2.05, 4.69) is 10.3 Å². The Balaban J connectivity index is 1.74. The van der Waals surface area contributed by atoms with Crippen LogP contribution in [0.3, 0.4) is 0 Å². The molecule has 3 rings (SSSR count). The van der Waals surface area contributed by atoms with Gasteiger partial charge in [0.1, 0.15) is 15.6 Å². The maximum atomic E-state index is 12.5. The van der Waals surface area contributed by atoms with Crippen molar-refractivity contribution < 1.29 is 9.53 Å². The second-order valence-electron chi connectivity index (χ2n) is 5.90. The fourth-order valence-corrected chi connectivity index (χ4v) is 3.80. The van der Waals surface area contributed by atoms with E-state index in [1.54, 1.807) is 13.3 Å². The highest BCUT2D eigenvalue weighted by Crippen LogP contribution is 2.30. The minimum Gasteiger partial charge on any atom is -0.497 e. The fourth-order valence-electron chi connectivity index (χ4n) is 2.98. The molecular formula is C17H21N3O2S. The lowest BCUT2D eigenvalue weighted by Gasteiger charge is -2.28. The van der Waals surface area contributed by atoms with Crippen molar-refractivity contribution in [3.05, 3.63) is 35.3 Å². The summed E-state index contributed by atoms with van der Waals surface area (Å²) in [4.78, 5) is 17.5. The van der Waals surface area contributed by atoms with Crippen LogP contribution in [0.25, 0.3) is 10.6 Å². The molecule has 1 aromatic carbocycles. The summed E-state index contributed by atoms with van der Waals surface area (Å²) in [5, 5.41) is 3.95. The molecular weight excluding hydrogens is 310 g/mol. The number of nitrogens with zero attached hydrogens (tertiary/aromatic N) is 1. The highest BCUT2D eigenvalue weighted by Gasteiger charge is 2.34. The van der Waals surface area contributed by atoms with Crippen molar-refractivity contribution in [2.45, 2.75) is 31.2 Å². The summed E-state index contributed by atoms with van der Waals surface area (Å²) in [7, 11) is 1.64. The molecule has 1 amide bonds. The number of hydrogen-bond acceptors (Lipinski definition) is 5. The Bertz CT molecular complexity index is 675. The second-order valence-corrected chi connectivity index (χ2v) is 6.93. The first kappa shape index (κ1) is 16.0. The fraction of sp³-hybridized carbons (Fsp3) is 0.412. The summed E-state index contributed by atoms with van der Waals surface area (Å²) < 4.78 is 5.15. The number of ether oxygens (including phenoxy) is 1. The molecule has 6 heteroatoms. The van der Waals surface area contributed by atoms with E-state index in [9.17, 15) is 4.79 Å². The van der Waals surface area contributed by atoms with Gasteiger partial charge in [-0.15, -0.1) is 11.3 Å². The van der Waals surface area contributed by atoms with Crippen molar-refractivity contribution in [3.8, 4) is 16.3 Å². The Morgan fingerprint density at radius 3 is 2.65 bits per heavy atom. The van der Waals surface area contributed by atoms with Crippen LogP contribution in [0.2, 0.25) is 0 Å². The monoisotopic (exact) mass is 331 g/mol. The predicted molar refractivity (Wildman–Crippen MR) is 91.8 cm³/mol. The van der Waals surface area contributed by atoms with E-state index < -0.39 is 0 Å². The van der Waals surface area contributed by atoms with Gasteiger partial charge in [-0.1, -0.05) is 12.8 Å². The summed E-state index contributed by atoms with van der Waals surface area (Å²) in [5.41, 5.74) is 6.62. The van der Waals surface area contributed by atoms with Gasteiger partial charge in [-0.3, -0.25) is 4.79 Å². The first-order valence-electron chi connectivity index (χ1n) is 7.79. The van der Waals surface area contributed by atoms with Gasteiger partial charge in [-0.25, -0.2) is 4.98 Å². The predicted octanol–water partition coefficient (Wildman–Crippen LogP) is 2.82. The molecule has 1 aromatic heterocycles. The average Bonchev–Trinajstić information content (AvgIpc) is 3.25. The molecule has 23 heavy (non-hydrogen) atoms. The molecule has 122 valence electrons. The third-order valence-corrected chi connectivity index (χ3v) is 5.44. The highest BCUT2D eigenvalue weighted by molar-refractivity contribution is 7.16. The molecule has 0 atom stereocenters. The summed E-state index contributed by atoms with van der Waals surface area (Å²) in [6.07, 6.45) is 5.80. The van der Waals surface area contributed by atoms with Crippen molar-refractivity contribution >= 4 is 17.2 Å². The third-order valence-electron chi connectivity index (χ3n) is 4.40. The molecule has 2 aromatic rings. The number of carbonyl (C=O) groups is 1. The van der Waals surface area contributed by atoms with E-state index in [4.69, 9.17) is 10.5 Å². The van der Waals surface area contributed by atoms with Gasteiger partial charge in [0, 0.05) is 12.1 Å². The number of carbonyl (C=O) groups excluding carboxylic acids is 1. The third kappa shape index (κ3) is 3.38. The topological polar surface area (TPSA) is 77.2 Å². The van der Waals surface area contributed by atoms with Crippen LogP contribution in [-0.2, 0) is 0 Å². The Morgan fingerprint density at radius 1 is 1.35 bits per heavy atom. The molecule has 1 aliphatic carbocycles. The van der Waals surface area contributed by atoms with Crippen LogP contribution in [0, 0.1) is 0 Å². The van der Waals surface area contributed by atoms with Crippen LogP contribution >= 0.6 is 11.3 Å². The second kappa shape index (κ2) is 6.68. The Morgan fingerprint density at radius 2 is 2.04 bits per heavy atom. The van der Waals surface area contributed by atoms with E-state index in [1.165, 1.54) is 11.3 Å². The Hall–Kier alpha value is -1.92. The normalized spacial score (nSPS) is 16.3. The van der Waals surface area contributed by atoms with E-state index in [0.29, 0.717) is 11.4 Å². The zero-order valence-electron chi connectivity index (χ0n) is 13.2. The molecule has 0 spiro atoms. The number of amides is 1. The Kier molecular flexibility index (Phi) is 4.63. The Labute approximate surface area is 139 Å². The van der Waals surface area contributed by atoms with Crippen molar-refractivity contribution in [1.82, 2.24) is 10.3 Å². The molecule has 0 bridgehead atoms. The largest absolute Gasteiger partial charge is 0.497 e. The standard InChI is InChI=1S/C17H21N3O2S/c1-22-13-6-4-12(5-7-13)16-19-10-14(23-16)15(21)20-17(11-18)8-2-3-9-17/h4-7,10H,2-3,8-9,11,18H2,1H3,(H,20,21). The molecule has 5 nitrogen and oxygen atoms in total. The van der Waals surface area contributed by atoms with Gasteiger partial charge in [0.15, 0.2) is 0 Å². The van der Waals surface area contributed by atoms with Crippen LogP contribution < -0.4 is 15.8 Å². The first-order valence-corrected chi connectivity index (χ1v) is 8.60. The minimum absolute atomic E-state index is 0.0744. The number of benzene rings is 1. The average molecular weight is 331 g/mol. The van der Waals surface area contributed by atoms with Crippen molar-refractivity contribution in [2.24, 2.45) is 5.73 Å². The smallest absolute Gasteiger partial charge is 0.263 e. The maximum Gasteiger partial charge on any atom is 0.263 e. The zero-order valence-corrected chi connectivity index (χ0v) is 14.0. The van der Waals surface area contributed by atoms with Gasteiger partial charge in [0.2, 0.25) is 0 Å². The SMILES string of the molecule is COc1ccc(-c2ncc(C(=O)NC3(CN)CCCC3)s2)cc1. The van der Waals surface area contributed by atoms with E-state index in [-0.39, 0.29) is 11.4 Å². The van der Waals surface area contributed by atoms with Gasteiger partial charge < -0.3 is 15.8 Å². The van der Waals surface area contributed by atoms with Gasteiger partial charge >= 0.3 is 0 Å². The van der Waals surface area contributed by atoms with Gasteiger partial charge in [0.25, 0.3) is 5.91 Å². The lowest BCUT2D eigenvalue weighted by Crippen LogP contribution is -2.51. The number of nitrogens with one attached hydrogen (secondary N) is 1. The number of rotatable bonds is 5. The first-order chi connectivity index (χ1) is 11.2. The molecule has 0 radical (unpaired) electrons. The summed E-state index contributed by atoms with van der Waals surface area (Å²) in [6, 6.07) is 7.66. The molecule has 1 heterocycles. The van der Waals surface area contributed by atoms with Gasteiger partial charge in [0.05, 0.1) is 18.8 Å². The zero-order chi connectivity index (χ0) is 16.3. The molecule has 1 saturated carbocycles. The van der Waals surface area contributed by atoms with Crippen molar-refractivity contribution in [1.29, 1.82) is 0 Å². The molecule has 1 fully saturated rings. The van der Waals surface area contributed by atoms with Gasteiger partial charge in [-0.2, -0.15) is 0 Å². The minimum atomic E-state index is -0.235. The number of thiazole rings is 1. The molecule has 0 unspecified atom stereocenters. The lowest BCUT2D eigenvalue weighted by atomic mass is 9.98. The van der Waals surface area contributed by atoms with Crippen LogP contribution in [0.5, 0.6) is 5.75 Å². The molecule has 1 aliphatic rings. The van der Waals surface area contributed by atoms with E-state index >= 15 is 0 Å². The van der Waals surface area contributed by atoms with Crippen molar-refractivity contribution in [3.63, 3.8) is 0 Å². The van der Waals surface area contributed by atoms with Crippen LogP contribution in [0.15, 0.2) is 30.5 Å². The maximum absolute atomic E-state index is 12.5. The molecule has 0 saturated heterocycles. The van der Waals surface area contributed by atoms with Gasteiger partial charge in [-0.05, 0) is 37.1 Å². The van der Waals surface area contributed by atoms with E-state index in [1.807, 2.05) is 24.3 Å². The summed E-state index contributed by atoms with van der Waals surface area (Å²) in [5.74, 6) is 0.726. The summed E-state index contributed by atoms with van der Waals surface area (Å²) in [6.45, 7) is 0.489. The molecule has 3 N–H and O–H groups in total. The number of nitrogens with two attached hydrogens (primary N) is 1.